The highest BCUT2D eigenvalue weighted by Crippen LogP contribution is 2.43. The van der Waals surface area contributed by atoms with E-state index in [-0.39, 0.29) is 17.6 Å². The van der Waals surface area contributed by atoms with Gasteiger partial charge in [-0.25, -0.2) is 13.1 Å². The number of hydrogen-bond acceptors (Lipinski definition) is 5. The smallest absolute Gasteiger partial charge is 0.241 e. The van der Waals surface area contributed by atoms with Gasteiger partial charge in [-0.05, 0) is 26.3 Å². The van der Waals surface area contributed by atoms with Crippen molar-refractivity contribution in [2.24, 2.45) is 11.1 Å². The zero-order chi connectivity index (χ0) is 15.8. The average molecular weight is 332 g/mol. The van der Waals surface area contributed by atoms with Gasteiger partial charge in [-0.3, -0.25) is 0 Å². The van der Waals surface area contributed by atoms with Crippen molar-refractivity contribution >= 4 is 21.4 Å². The van der Waals surface area contributed by atoms with Gasteiger partial charge >= 0.3 is 0 Å². The van der Waals surface area contributed by atoms with E-state index in [1.54, 1.807) is 6.07 Å². The van der Waals surface area contributed by atoms with Gasteiger partial charge in [0.2, 0.25) is 10.0 Å². The Morgan fingerprint density at radius 3 is 2.67 bits per heavy atom. The summed E-state index contributed by atoms with van der Waals surface area (Å²) in [7, 11) is -3.50. The molecule has 1 fully saturated rings. The molecular weight excluding hydrogens is 308 g/mol. The number of aryl methyl sites for hydroxylation is 1. The predicted octanol–water partition coefficient (Wildman–Crippen LogP) is 2.00. The summed E-state index contributed by atoms with van der Waals surface area (Å²) in [4.78, 5) is 2.01. The number of ether oxygens (including phenoxy) is 1. The fourth-order valence-corrected chi connectivity index (χ4v) is 5.63. The Labute approximate surface area is 130 Å². The van der Waals surface area contributed by atoms with E-state index in [1.807, 2.05) is 27.7 Å². The minimum absolute atomic E-state index is 0.0975. The third kappa shape index (κ3) is 3.17. The lowest BCUT2D eigenvalue weighted by Gasteiger charge is -2.51. The van der Waals surface area contributed by atoms with Crippen LogP contribution < -0.4 is 10.5 Å². The van der Waals surface area contributed by atoms with Crippen LogP contribution in [0, 0.1) is 12.3 Å². The molecule has 3 N–H and O–H groups in total. The third-order valence-corrected chi connectivity index (χ3v) is 7.06. The van der Waals surface area contributed by atoms with E-state index in [2.05, 4.69) is 4.72 Å². The molecule has 21 heavy (non-hydrogen) atoms. The lowest BCUT2D eigenvalue weighted by atomic mass is 9.65. The minimum Gasteiger partial charge on any atom is -0.378 e. The summed E-state index contributed by atoms with van der Waals surface area (Å²) in [5.74, 6) is 0. The van der Waals surface area contributed by atoms with Gasteiger partial charge in [-0.2, -0.15) is 0 Å². The van der Waals surface area contributed by atoms with E-state index >= 15 is 0 Å². The molecule has 1 aromatic rings. The number of thiophene rings is 1. The van der Waals surface area contributed by atoms with E-state index in [0.29, 0.717) is 24.5 Å². The molecule has 1 aliphatic rings. The molecule has 1 aliphatic carbocycles. The molecule has 7 heteroatoms. The molecule has 0 bridgehead atoms. The van der Waals surface area contributed by atoms with Crippen LogP contribution in [0.3, 0.4) is 0 Å². The van der Waals surface area contributed by atoms with Crippen molar-refractivity contribution in [2.75, 3.05) is 6.61 Å². The summed E-state index contributed by atoms with van der Waals surface area (Å²) in [5.41, 5.74) is 5.40. The van der Waals surface area contributed by atoms with E-state index in [0.717, 1.165) is 9.75 Å². The van der Waals surface area contributed by atoms with Gasteiger partial charge in [0.25, 0.3) is 0 Å². The van der Waals surface area contributed by atoms with Crippen LogP contribution in [0.2, 0.25) is 0 Å². The van der Waals surface area contributed by atoms with Crippen LogP contribution in [-0.2, 0) is 21.3 Å². The fraction of sp³-hybridized carbons (Fsp3) is 0.714. The van der Waals surface area contributed by atoms with E-state index < -0.39 is 10.0 Å². The number of nitrogens with one attached hydrogen (secondary N) is 1. The standard InChI is InChI=1S/C14H24N2O3S2/c1-5-19-13-7-12(14(13,3)4)16-21(17,18)11-6-10(8-15)20-9(11)2/h6,12-13,16H,5,7-8,15H2,1-4H3. The lowest BCUT2D eigenvalue weighted by molar-refractivity contribution is -0.108. The Bertz CT molecular complexity index is 608. The predicted molar refractivity (Wildman–Crippen MR) is 84.9 cm³/mol. The first-order chi connectivity index (χ1) is 9.72. The molecule has 0 aliphatic heterocycles. The van der Waals surface area contributed by atoms with Crippen molar-refractivity contribution in [3.8, 4) is 0 Å². The molecule has 0 radical (unpaired) electrons. The molecule has 5 nitrogen and oxygen atoms in total. The second-order valence-electron chi connectivity index (χ2n) is 6.01. The molecule has 1 heterocycles. The van der Waals surface area contributed by atoms with Crippen molar-refractivity contribution in [3.63, 3.8) is 0 Å². The lowest BCUT2D eigenvalue weighted by Crippen LogP contribution is -2.61. The van der Waals surface area contributed by atoms with Gasteiger partial charge < -0.3 is 10.5 Å². The van der Waals surface area contributed by atoms with Crippen molar-refractivity contribution in [2.45, 2.75) is 57.7 Å². The summed E-state index contributed by atoms with van der Waals surface area (Å²) < 4.78 is 33.6. The van der Waals surface area contributed by atoms with Crippen LogP contribution >= 0.6 is 11.3 Å². The van der Waals surface area contributed by atoms with E-state index in [4.69, 9.17) is 10.5 Å². The molecule has 120 valence electrons. The van der Waals surface area contributed by atoms with Gasteiger partial charge in [0.15, 0.2) is 0 Å². The highest BCUT2D eigenvalue weighted by atomic mass is 32.2. The zero-order valence-electron chi connectivity index (χ0n) is 13.0. The molecule has 0 aromatic carbocycles. The first-order valence-electron chi connectivity index (χ1n) is 7.15. The maximum atomic E-state index is 12.6. The quantitative estimate of drug-likeness (QED) is 0.835. The van der Waals surface area contributed by atoms with Crippen LogP contribution in [0.4, 0.5) is 0 Å². The summed E-state index contributed by atoms with van der Waals surface area (Å²) in [6, 6.07) is 1.58. The van der Waals surface area contributed by atoms with Crippen molar-refractivity contribution in [1.29, 1.82) is 0 Å². The molecule has 0 amide bonds. The molecule has 0 saturated heterocycles. The Kier molecular flexibility index (Phi) is 4.80. The molecule has 2 atom stereocenters. The Hall–Kier alpha value is -0.470. The molecule has 2 rings (SSSR count). The van der Waals surface area contributed by atoms with Gasteiger partial charge in [0.1, 0.15) is 0 Å². The second kappa shape index (κ2) is 5.96. The monoisotopic (exact) mass is 332 g/mol. The van der Waals surface area contributed by atoms with Crippen LogP contribution in [0.1, 0.15) is 36.9 Å². The van der Waals surface area contributed by atoms with Crippen molar-refractivity contribution in [3.05, 3.63) is 15.8 Å². The van der Waals surface area contributed by atoms with E-state index in [9.17, 15) is 8.42 Å². The highest BCUT2D eigenvalue weighted by Gasteiger charge is 2.50. The summed E-state index contributed by atoms with van der Waals surface area (Å²) in [5, 5.41) is 0. The van der Waals surface area contributed by atoms with Crippen molar-refractivity contribution in [1.82, 2.24) is 4.72 Å². The zero-order valence-corrected chi connectivity index (χ0v) is 14.6. The van der Waals surface area contributed by atoms with Gasteiger partial charge in [-0.1, -0.05) is 13.8 Å². The number of sulfonamides is 1. The van der Waals surface area contributed by atoms with Crippen molar-refractivity contribution < 1.29 is 13.2 Å². The van der Waals surface area contributed by atoms with E-state index in [1.165, 1.54) is 11.3 Å². The molecule has 2 unspecified atom stereocenters. The molecule has 0 spiro atoms. The summed E-state index contributed by atoms with van der Waals surface area (Å²) in [6.07, 6.45) is 0.825. The summed E-state index contributed by atoms with van der Waals surface area (Å²) in [6.45, 7) is 8.86. The maximum Gasteiger partial charge on any atom is 0.241 e. The third-order valence-electron chi connectivity index (χ3n) is 4.26. The van der Waals surface area contributed by atoms with Crippen LogP contribution in [0.5, 0.6) is 0 Å². The second-order valence-corrected chi connectivity index (χ2v) is 9.04. The van der Waals surface area contributed by atoms with Gasteiger partial charge in [0, 0.05) is 34.4 Å². The number of nitrogens with two attached hydrogens (primary N) is 1. The fourth-order valence-electron chi connectivity index (χ4n) is 2.71. The number of hydrogen-bond donors (Lipinski definition) is 2. The van der Waals surface area contributed by atoms with Gasteiger partial charge in [0.05, 0.1) is 11.0 Å². The minimum atomic E-state index is -3.50. The normalized spacial score (nSPS) is 24.8. The highest BCUT2D eigenvalue weighted by molar-refractivity contribution is 7.89. The summed E-state index contributed by atoms with van der Waals surface area (Å²) >= 11 is 1.43. The van der Waals surface area contributed by atoms with Gasteiger partial charge in [-0.15, -0.1) is 11.3 Å². The Morgan fingerprint density at radius 2 is 2.19 bits per heavy atom. The topological polar surface area (TPSA) is 81.4 Å². The Morgan fingerprint density at radius 1 is 1.52 bits per heavy atom. The molecule has 1 aromatic heterocycles. The average Bonchev–Trinajstić information content (AvgIpc) is 2.80. The maximum absolute atomic E-state index is 12.6. The first-order valence-corrected chi connectivity index (χ1v) is 9.45. The van der Waals surface area contributed by atoms with Crippen LogP contribution in [0.15, 0.2) is 11.0 Å². The first kappa shape index (κ1) is 16.9. The molecular formula is C14H24N2O3S2. The number of rotatable bonds is 6. The largest absolute Gasteiger partial charge is 0.378 e. The van der Waals surface area contributed by atoms with Crippen LogP contribution in [0.25, 0.3) is 0 Å². The molecule has 1 saturated carbocycles. The van der Waals surface area contributed by atoms with Crippen LogP contribution in [-0.4, -0.2) is 27.2 Å². The Balaban J connectivity index is 2.14. The SMILES string of the molecule is CCOC1CC(NS(=O)(=O)c2cc(CN)sc2C)C1(C)C.